The summed E-state index contributed by atoms with van der Waals surface area (Å²) < 4.78 is 4.47. The molecule has 4 rings (SSSR count). The van der Waals surface area contributed by atoms with E-state index in [1.165, 1.54) is 5.52 Å². The second kappa shape index (κ2) is 5.87. The Morgan fingerprint density at radius 3 is 2.78 bits per heavy atom. The van der Waals surface area contributed by atoms with Crippen LogP contribution in [0.2, 0.25) is 5.02 Å². The average Bonchev–Trinajstić information content (AvgIpc) is 2.90. The Kier molecular flexibility index (Phi) is 3.71. The molecule has 2 heterocycles. The van der Waals surface area contributed by atoms with E-state index >= 15 is 0 Å². The van der Waals surface area contributed by atoms with Crippen LogP contribution in [0.3, 0.4) is 0 Å². The lowest BCUT2D eigenvalue weighted by Gasteiger charge is -2.14. The van der Waals surface area contributed by atoms with E-state index in [2.05, 4.69) is 32.7 Å². The zero-order valence-electron chi connectivity index (χ0n) is 12.7. The summed E-state index contributed by atoms with van der Waals surface area (Å²) in [6.45, 7) is 2.48. The summed E-state index contributed by atoms with van der Waals surface area (Å²) in [6.07, 6.45) is 0.544. The van der Waals surface area contributed by atoms with Crippen LogP contribution >= 0.6 is 11.6 Å². The first-order valence-electron chi connectivity index (χ1n) is 7.92. The van der Waals surface area contributed by atoms with Gasteiger partial charge in [-0.1, -0.05) is 35.9 Å². The van der Waals surface area contributed by atoms with E-state index in [0.29, 0.717) is 11.6 Å². The third-order valence-corrected chi connectivity index (χ3v) is 4.68. The maximum absolute atomic E-state index is 10.6. The molecule has 1 atom stereocenters. The predicted octanol–water partition coefficient (Wildman–Crippen LogP) is 3.13. The number of nitrogens with one attached hydrogen (secondary N) is 1. The summed E-state index contributed by atoms with van der Waals surface area (Å²) in [5, 5.41) is 14.8. The number of benzene rings is 2. The normalized spacial score (nSPS) is 15.2. The lowest BCUT2D eigenvalue weighted by atomic mass is 10.1. The number of aliphatic hydroxyl groups excluding tert-OH is 1. The van der Waals surface area contributed by atoms with Crippen LogP contribution in [0.5, 0.6) is 0 Å². The third kappa shape index (κ3) is 2.58. The van der Waals surface area contributed by atoms with E-state index in [0.717, 1.165) is 36.5 Å². The monoisotopic (exact) mass is 328 g/mol. The first kappa shape index (κ1) is 14.5. The van der Waals surface area contributed by atoms with Crippen molar-refractivity contribution >= 4 is 28.6 Å². The molecule has 1 aliphatic rings. The summed E-state index contributed by atoms with van der Waals surface area (Å²) in [5.74, 6) is 1.07. The van der Waals surface area contributed by atoms with Crippen molar-refractivity contribution in [3.8, 4) is 0 Å². The fraction of sp³-hybridized carbons (Fsp3) is 0.278. The molecule has 118 valence electrons. The summed E-state index contributed by atoms with van der Waals surface area (Å²) in [4.78, 5) is 0. The van der Waals surface area contributed by atoms with Crippen molar-refractivity contribution in [2.24, 2.45) is 0 Å². The number of rotatable bonds is 3. The van der Waals surface area contributed by atoms with Gasteiger partial charge in [0.1, 0.15) is 23.7 Å². The Hall–Kier alpha value is -2.04. The highest BCUT2D eigenvalue weighted by Gasteiger charge is 2.27. The molecule has 4 nitrogen and oxygen atoms in total. The Morgan fingerprint density at radius 2 is 1.96 bits per heavy atom. The number of hydrogen-bond donors (Lipinski definition) is 2. The van der Waals surface area contributed by atoms with Gasteiger partial charge in [-0.15, -0.1) is 0 Å². The predicted molar refractivity (Wildman–Crippen MR) is 91.7 cm³/mol. The van der Waals surface area contributed by atoms with Gasteiger partial charge in [0.15, 0.2) is 0 Å². The molecule has 2 N–H and O–H groups in total. The second-order valence-electron chi connectivity index (χ2n) is 5.92. The molecular weight excluding hydrogens is 310 g/mol. The van der Waals surface area contributed by atoms with Crippen molar-refractivity contribution in [3.63, 3.8) is 0 Å². The van der Waals surface area contributed by atoms with Gasteiger partial charge in [0.25, 0.3) is 0 Å². The summed E-state index contributed by atoms with van der Waals surface area (Å²) in [5.41, 5.74) is 3.23. The van der Waals surface area contributed by atoms with Crippen LogP contribution in [0.25, 0.3) is 11.0 Å². The van der Waals surface area contributed by atoms with Gasteiger partial charge in [0.05, 0.1) is 13.1 Å². The molecule has 1 aliphatic heterocycles. The Balaban J connectivity index is 1.75. The summed E-state index contributed by atoms with van der Waals surface area (Å²) in [7, 11) is 0. The van der Waals surface area contributed by atoms with Crippen LogP contribution in [0.15, 0.2) is 48.5 Å². The van der Waals surface area contributed by atoms with E-state index in [-0.39, 0.29) is 0 Å². The van der Waals surface area contributed by atoms with Gasteiger partial charge < -0.3 is 5.11 Å². The number of aliphatic hydroxyl groups is 1. The highest BCUT2D eigenvalue weighted by atomic mass is 35.5. The number of aryl methyl sites for hydroxylation is 1. The minimum absolute atomic E-state index is 0.511. The summed E-state index contributed by atoms with van der Waals surface area (Å²) in [6, 6.07) is 15.7. The van der Waals surface area contributed by atoms with Crippen LogP contribution in [-0.2, 0) is 13.1 Å². The van der Waals surface area contributed by atoms with Crippen LogP contribution in [0, 0.1) is 0 Å². The number of aromatic nitrogens is 2. The lowest BCUT2D eigenvalue weighted by Crippen LogP contribution is -2.42. The average molecular weight is 329 g/mol. The van der Waals surface area contributed by atoms with Gasteiger partial charge in [0.2, 0.25) is 0 Å². The molecule has 1 aromatic heterocycles. The highest BCUT2D eigenvalue weighted by Crippen LogP contribution is 2.25. The van der Waals surface area contributed by atoms with Crippen molar-refractivity contribution in [2.45, 2.75) is 25.6 Å². The maximum atomic E-state index is 10.6. The number of hydrogen-bond acceptors (Lipinski definition) is 2. The van der Waals surface area contributed by atoms with Gasteiger partial charge in [-0.25, -0.2) is 9.13 Å². The molecule has 0 spiro atoms. The van der Waals surface area contributed by atoms with Gasteiger partial charge in [-0.2, -0.15) is 0 Å². The third-order valence-electron chi connectivity index (χ3n) is 4.43. The molecule has 3 aromatic rings. The quantitative estimate of drug-likeness (QED) is 0.725. The van der Waals surface area contributed by atoms with E-state index in [1.54, 1.807) is 0 Å². The van der Waals surface area contributed by atoms with Crippen LogP contribution in [-0.4, -0.2) is 16.2 Å². The smallest absolute Gasteiger partial charge is 0.358 e. The standard InChI is InChI=1S/C18H18ClN3O/c19-14-8-6-13(7-9-14)17(23)12-22-16-5-2-1-4-15(16)21-11-3-10-20-18(21)22/h1-2,4-9,17,23H,3,10-12H2/p+1. The van der Waals surface area contributed by atoms with Gasteiger partial charge in [-0.05, 0) is 29.8 Å². The fourth-order valence-electron chi connectivity index (χ4n) is 3.30. The van der Waals surface area contributed by atoms with Crippen molar-refractivity contribution in [3.05, 3.63) is 59.1 Å². The van der Waals surface area contributed by atoms with Crippen LogP contribution in [0.4, 0.5) is 5.95 Å². The van der Waals surface area contributed by atoms with Gasteiger partial charge in [0, 0.05) is 11.4 Å². The van der Waals surface area contributed by atoms with Gasteiger partial charge >= 0.3 is 5.95 Å². The van der Waals surface area contributed by atoms with E-state index in [4.69, 9.17) is 11.6 Å². The van der Waals surface area contributed by atoms with Crippen molar-refractivity contribution in [2.75, 3.05) is 11.9 Å². The summed E-state index contributed by atoms with van der Waals surface area (Å²) >= 11 is 5.93. The van der Waals surface area contributed by atoms with Crippen molar-refractivity contribution < 1.29 is 9.67 Å². The first-order valence-corrected chi connectivity index (χ1v) is 8.30. The molecule has 0 saturated carbocycles. The molecule has 0 aliphatic carbocycles. The van der Waals surface area contributed by atoms with Crippen molar-refractivity contribution in [1.29, 1.82) is 0 Å². The molecule has 0 bridgehead atoms. The zero-order chi connectivity index (χ0) is 15.8. The molecule has 2 aromatic carbocycles. The first-order chi connectivity index (χ1) is 11.2. The van der Waals surface area contributed by atoms with Crippen molar-refractivity contribution in [1.82, 2.24) is 4.57 Å². The van der Waals surface area contributed by atoms with Gasteiger partial charge in [-0.3, -0.25) is 5.32 Å². The number of halogens is 1. The maximum Gasteiger partial charge on any atom is 0.358 e. The van der Waals surface area contributed by atoms with E-state index in [1.807, 2.05) is 30.3 Å². The highest BCUT2D eigenvalue weighted by molar-refractivity contribution is 6.30. The second-order valence-corrected chi connectivity index (χ2v) is 6.36. The molecule has 0 saturated heterocycles. The molecular formula is C18H19ClN3O+. The molecule has 0 radical (unpaired) electrons. The number of nitrogens with zero attached hydrogens (tertiary/aromatic N) is 2. The topological polar surface area (TPSA) is 41.1 Å². The minimum Gasteiger partial charge on any atom is -0.385 e. The number of fused-ring (bicyclic) bond motifs is 3. The van der Waals surface area contributed by atoms with E-state index in [9.17, 15) is 5.11 Å². The largest absolute Gasteiger partial charge is 0.385 e. The molecule has 1 unspecified atom stereocenters. The zero-order valence-corrected chi connectivity index (χ0v) is 13.5. The van der Waals surface area contributed by atoms with E-state index < -0.39 is 6.10 Å². The fourth-order valence-corrected chi connectivity index (χ4v) is 3.42. The Morgan fingerprint density at radius 1 is 1.17 bits per heavy atom. The molecule has 5 heteroatoms. The van der Waals surface area contributed by atoms with Crippen LogP contribution in [0.1, 0.15) is 18.1 Å². The Labute approximate surface area is 139 Å². The number of para-hydroxylation sites is 2. The SMILES string of the molecule is OC(Cn1c2[n+](c3ccccc31)CCCN2)c1ccc(Cl)cc1. The number of imidazole rings is 1. The molecule has 0 fully saturated rings. The lowest BCUT2D eigenvalue weighted by molar-refractivity contribution is -0.661. The number of anilines is 1. The van der Waals surface area contributed by atoms with Crippen LogP contribution < -0.4 is 9.88 Å². The molecule has 23 heavy (non-hydrogen) atoms. The minimum atomic E-state index is -0.573. The molecule has 0 amide bonds. The Bertz CT molecular complexity index is 841.